The van der Waals surface area contributed by atoms with Crippen LogP contribution >= 0.6 is 0 Å². The molecule has 0 saturated carbocycles. The van der Waals surface area contributed by atoms with Gasteiger partial charge in [-0.1, -0.05) is 31.6 Å². The van der Waals surface area contributed by atoms with Crippen molar-refractivity contribution in [3.05, 3.63) is 41.5 Å². The minimum absolute atomic E-state index is 0.109. The molecular weight excluding hydrogens is 238 g/mol. The van der Waals surface area contributed by atoms with Crippen LogP contribution in [0.3, 0.4) is 0 Å². The molecule has 1 heterocycles. The second-order valence-electron chi connectivity index (χ2n) is 5.24. The lowest BCUT2D eigenvalue weighted by Crippen LogP contribution is -2.25. The number of fused-ring (bicyclic) bond motifs is 1. The number of rotatable bonds is 1. The van der Waals surface area contributed by atoms with E-state index in [-0.39, 0.29) is 17.1 Å². The van der Waals surface area contributed by atoms with Crippen LogP contribution in [-0.2, 0) is 0 Å². The molecule has 0 aromatic heterocycles. The molecule has 0 unspecified atom stereocenters. The van der Waals surface area contributed by atoms with Crippen LogP contribution in [0.25, 0.3) is 0 Å². The average molecular weight is 255 g/mol. The Morgan fingerprint density at radius 1 is 0.947 bits per heavy atom. The predicted molar refractivity (Wildman–Crippen MR) is 74.9 cm³/mol. The molecule has 0 amide bonds. The number of hydrogen-bond acceptors (Lipinski definition) is 3. The van der Waals surface area contributed by atoms with Crippen LogP contribution in [0.2, 0.25) is 0 Å². The highest BCUT2D eigenvalue weighted by Crippen LogP contribution is 2.34. The Balaban J connectivity index is 2.07. The van der Waals surface area contributed by atoms with Crippen molar-refractivity contribution in [1.29, 1.82) is 0 Å². The Kier molecular flexibility index (Phi) is 2.97. The second-order valence-corrected chi connectivity index (χ2v) is 5.24. The van der Waals surface area contributed by atoms with Crippen molar-refractivity contribution in [3.8, 4) is 0 Å². The number of carbonyl (C=O) groups excluding carboxylic acids is 2. The van der Waals surface area contributed by atoms with Gasteiger partial charge in [-0.2, -0.15) is 0 Å². The van der Waals surface area contributed by atoms with E-state index in [1.165, 1.54) is 12.8 Å². The molecule has 2 aliphatic rings. The molecule has 98 valence electrons. The van der Waals surface area contributed by atoms with Crippen LogP contribution in [-0.4, -0.2) is 24.7 Å². The van der Waals surface area contributed by atoms with Crippen molar-refractivity contribution >= 4 is 17.3 Å². The van der Waals surface area contributed by atoms with Crippen LogP contribution in [0.1, 0.15) is 46.4 Å². The first-order chi connectivity index (χ1) is 9.20. The molecule has 0 atom stereocenters. The van der Waals surface area contributed by atoms with Gasteiger partial charge in [0.15, 0.2) is 11.6 Å². The summed E-state index contributed by atoms with van der Waals surface area (Å²) in [4.78, 5) is 26.4. The lowest BCUT2D eigenvalue weighted by atomic mass is 10.1. The summed E-state index contributed by atoms with van der Waals surface area (Å²) in [5.74, 6) is -0.406. The fourth-order valence-corrected chi connectivity index (χ4v) is 2.96. The SMILES string of the molecule is C=C1C(=O)c2cccc(N3CCCCCC3)c2C1=O. The number of nitrogens with zero attached hydrogens (tertiary/aromatic N) is 1. The fraction of sp³-hybridized carbons (Fsp3) is 0.375. The van der Waals surface area contributed by atoms with Gasteiger partial charge in [0.1, 0.15) is 0 Å². The van der Waals surface area contributed by atoms with E-state index in [0.717, 1.165) is 31.6 Å². The smallest absolute Gasteiger partial charge is 0.199 e. The monoisotopic (exact) mass is 255 g/mol. The predicted octanol–water partition coefficient (Wildman–Crippen LogP) is 3.00. The van der Waals surface area contributed by atoms with E-state index in [9.17, 15) is 9.59 Å². The molecule has 1 saturated heterocycles. The zero-order valence-electron chi connectivity index (χ0n) is 10.9. The van der Waals surface area contributed by atoms with Gasteiger partial charge in [0.2, 0.25) is 0 Å². The Bertz CT molecular complexity index is 566. The van der Waals surface area contributed by atoms with E-state index in [1.807, 2.05) is 12.1 Å². The van der Waals surface area contributed by atoms with Gasteiger partial charge in [-0.25, -0.2) is 0 Å². The molecule has 3 rings (SSSR count). The second kappa shape index (κ2) is 4.65. The number of ketones is 2. The van der Waals surface area contributed by atoms with Gasteiger partial charge in [-0.3, -0.25) is 9.59 Å². The van der Waals surface area contributed by atoms with Gasteiger partial charge in [0, 0.05) is 24.3 Å². The van der Waals surface area contributed by atoms with Crippen molar-refractivity contribution < 1.29 is 9.59 Å². The zero-order valence-corrected chi connectivity index (χ0v) is 10.9. The maximum atomic E-state index is 12.2. The van der Waals surface area contributed by atoms with Crippen molar-refractivity contribution in [2.24, 2.45) is 0 Å². The molecule has 0 spiro atoms. The molecular formula is C16H17NO2. The molecule has 1 aromatic carbocycles. The van der Waals surface area contributed by atoms with Crippen LogP contribution in [0.15, 0.2) is 30.4 Å². The highest BCUT2D eigenvalue weighted by Gasteiger charge is 2.34. The number of Topliss-reactive ketones (excluding diaryl/α,β-unsaturated/α-hetero) is 2. The minimum Gasteiger partial charge on any atom is -0.371 e. The van der Waals surface area contributed by atoms with Crippen LogP contribution < -0.4 is 4.90 Å². The molecule has 0 radical (unpaired) electrons. The third kappa shape index (κ3) is 1.89. The number of anilines is 1. The van der Waals surface area contributed by atoms with Gasteiger partial charge < -0.3 is 4.90 Å². The highest BCUT2D eigenvalue weighted by molar-refractivity contribution is 6.40. The summed E-state index contributed by atoms with van der Waals surface area (Å²) in [5.41, 5.74) is 2.12. The van der Waals surface area contributed by atoms with Gasteiger partial charge in [0.25, 0.3) is 0 Å². The first kappa shape index (κ1) is 12.2. The molecule has 0 bridgehead atoms. The Morgan fingerprint density at radius 3 is 2.32 bits per heavy atom. The normalized spacial score (nSPS) is 19.6. The van der Waals surface area contributed by atoms with Crippen molar-refractivity contribution in [2.45, 2.75) is 25.7 Å². The quantitative estimate of drug-likeness (QED) is 0.572. The topological polar surface area (TPSA) is 37.4 Å². The third-order valence-corrected chi connectivity index (χ3v) is 4.01. The zero-order chi connectivity index (χ0) is 13.4. The molecule has 1 fully saturated rings. The molecule has 1 aliphatic heterocycles. The molecule has 1 aliphatic carbocycles. The van der Waals surface area contributed by atoms with E-state index in [2.05, 4.69) is 11.5 Å². The van der Waals surface area contributed by atoms with Gasteiger partial charge in [-0.15, -0.1) is 0 Å². The van der Waals surface area contributed by atoms with E-state index in [1.54, 1.807) is 6.07 Å². The lowest BCUT2D eigenvalue weighted by molar-refractivity contribution is 0.0989. The van der Waals surface area contributed by atoms with Crippen LogP contribution in [0, 0.1) is 0 Å². The molecule has 3 heteroatoms. The molecule has 19 heavy (non-hydrogen) atoms. The van der Waals surface area contributed by atoms with Gasteiger partial charge in [-0.05, 0) is 18.9 Å². The first-order valence-electron chi connectivity index (χ1n) is 6.86. The number of carbonyl (C=O) groups is 2. The maximum absolute atomic E-state index is 12.2. The number of benzene rings is 1. The summed E-state index contributed by atoms with van der Waals surface area (Å²) in [6.45, 7) is 5.54. The minimum atomic E-state index is -0.211. The Labute approximate surface area is 112 Å². The summed E-state index contributed by atoms with van der Waals surface area (Å²) in [7, 11) is 0. The van der Waals surface area contributed by atoms with E-state index in [0.29, 0.717) is 11.1 Å². The third-order valence-electron chi connectivity index (χ3n) is 4.01. The van der Waals surface area contributed by atoms with Crippen molar-refractivity contribution in [1.82, 2.24) is 0 Å². The van der Waals surface area contributed by atoms with Crippen LogP contribution in [0.5, 0.6) is 0 Å². The van der Waals surface area contributed by atoms with Crippen molar-refractivity contribution in [2.75, 3.05) is 18.0 Å². The largest absolute Gasteiger partial charge is 0.371 e. The Hall–Kier alpha value is -1.90. The summed E-state index contributed by atoms with van der Waals surface area (Å²) >= 11 is 0. The molecule has 3 nitrogen and oxygen atoms in total. The van der Waals surface area contributed by atoms with Crippen molar-refractivity contribution in [3.63, 3.8) is 0 Å². The summed E-state index contributed by atoms with van der Waals surface area (Å²) in [6, 6.07) is 5.55. The van der Waals surface area contributed by atoms with Crippen LogP contribution in [0.4, 0.5) is 5.69 Å². The van der Waals surface area contributed by atoms with Gasteiger partial charge >= 0.3 is 0 Å². The number of allylic oxidation sites excluding steroid dienone is 1. The average Bonchev–Trinajstić information content (AvgIpc) is 2.68. The first-order valence-corrected chi connectivity index (χ1v) is 6.86. The summed E-state index contributed by atoms with van der Waals surface area (Å²) in [6.07, 6.45) is 4.77. The standard InChI is InChI=1S/C16H17NO2/c1-11-15(18)12-7-6-8-13(14(12)16(11)19)17-9-4-2-3-5-10-17/h6-8H,1-5,9-10H2. The molecule has 1 aromatic rings. The summed E-state index contributed by atoms with van der Waals surface area (Å²) < 4.78 is 0. The fourth-order valence-electron chi connectivity index (χ4n) is 2.96. The van der Waals surface area contributed by atoms with Gasteiger partial charge in [0.05, 0.1) is 11.1 Å². The van der Waals surface area contributed by atoms with E-state index < -0.39 is 0 Å². The number of hydrogen-bond donors (Lipinski definition) is 0. The molecule has 0 N–H and O–H groups in total. The van der Waals surface area contributed by atoms with E-state index >= 15 is 0 Å². The summed E-state index contributed by atoms with van der Waals surface area (Å²) in [5, 5.41) is 0. The van der Waals surface area contributed by atoms with E-state index in [4.69, 9.17) is 0 Å². The lowest BCUT2D eigenvalue weighted by Gasteiger charge is -2.24. The Morgan fingerprint density at radius 2 is 1.63 bits per heavy atom. The highest BCUT2D eigenvalue weighted by atomic mass is 16.2. The maximum Gasteiger partial charge on any atom is 0.199 e.